The van der Waals surface area contributed by atoms with Gasteiger partial charge in [0.1, 0.15) is 28.9 Å². The largest absolute Gasteiger partial charge is 0.494 e. The van der Waals surface area contributed by atoms with Crippen LogP contribution in [0.1, 0.15) is 29.4 Å². The van der Waals surface area contributed by atoms with Crippen LogP contribution in [0, 0.1) is 17.0 Å². The molecule has 0 fully saturated rings. The fourth-order valence-electron chi connectivity index (χ4n) is 2.79. The van der Waals surface area contributed by atoms with E-state index in [-0.39, 0.29) is 23.7 Å². The lowest BCUT2D eigenvalue weighted by Crippen LogP contribution is -2.15. The zero-order valence-corrected chi connectivity index (χ0v) is 14.1. The van der Waals surface area contributed by atoms with E-state index in [1.54, 1.807) is 23.4 Å². The normalized spacial score (nSPS) is 13.6. The number of hydrogen-bond donors (Lipinski definition) is 2. The summed E-state index contributed by atoms with van der Waals surface area (Å²) in [4.78, 5) is 0. The Bertz CT molecular complexity index is 768. The molecule has 1 aromatic heterocycles. The van der Waals surface area contributed by atoms with Gasteiger partial charge in [0.25, 0.3) is 0 Å². The molecule has 3 N–H and O–H groups in total. The van der Waals surface area contributed by atoms with E-state index in [0.29, 0.717) is 18.1 Å². The fourth-order valence-corrected chi connectivity index (χ4v) is 3.78. The van der Waals surface area contributed by atoms with Gasteiger partial charge in [0.05, 0.1) is 13.2 Å². The van der Waals surface area contributed by atoms with Crippen molar-refractivity contribution in [3.63, 3.8) is 0 Å². The Morgan fingerprint density at radius 1 is 1.42 bits per heavy atom. The summed E-state index contributed by atoms with van der Waals surface area (Å²) >= 11 is 1.73. The zero-order valence-electron chi connectivity index (χ0n) is 13.2. The average molecular weight is 352 g/mol. The summed E-state index contributed by atoms with van der Waals surface area (Å²) in [5.41, 5.74) is 7.71. The minimum Gasteiger partial charge on any atom is -0.494 e. The van der Waals surface area contributed by atoms with Crippen LogP contribution in [0.25, 0.3) is 0 Å². The minimum absolute atomic E-state index is 0.0373. The molecular formula is C16H18F2N4OS. The first-order valence-corrected chi connectivity index (χ1v) is 8.78. The first-order chi connectivity index (χ1) is 11.5. The number of nitrogens with zero attached hydrogens (tertiary/aromatic N) is 2. The molecule has 0 unspecified atom stereocenters. The van der Waals surface area contributed by atoms with Crippen molar-refractivity contribution in [1.82, 2.24) is 9.78 Å². The van der Waals surface area contributed by atoms with Gasteiger partial charge in [-0.05, 0) is 19.1 Å². The number of hydrogen-bond acceptors (Lipinski definition) is 4. The van der Waals surface area contributed by atoms with E-state index in [9.17, 15) is 8.78 Å². The summed E-state index contributed by atoms with van der Waals surface area (Å²) in [6, 6.07) is 2.36. The number of benzene rings is 1. The Balaban J connectivity index is 1.99. The molecule has 1 aromatic carbocycles. The van der Waals surface area contributed by atoms with Crippen molar-refractivity contribution in [2.75, 3.05) is 12.4 Å². The lowest BCUT2D eigenvalue weighted by atomic mass is 10.1. The van der Waals surface area contributed by atoms with Crippen LogP contribution in [0.5, 0.6) is 5.75 Å². The van der Waals surface area contributed by atoms with E-state index in [4.69, 9.17) is 15.9 Å². The van der Waals surface area contributed by atoms with Crippen LogP contribution in [0.2, 0.25) is 0 Å². The van der Waals surface area contributed by atoms with Crippen LogP contribution in [0.4, 0.5) is 8.78 Å². The highest BCUT2D eigenvalue weighted by molar-refractivity contribution is 7.98. The topological polar surface area (TPSA) is 76.9 Å². The van der Waals surface area contributed by atoms with Crippen LogP contribution >= 0.6 is 11.8 Å². The lowest BCUT2D eigenvalue weighted by molar-refractivity contribution is 0.335. The summed E-state index contributed by atoms with van der Waals surface area (Å²) in [5, 5.41) is 12.0. The van der Waals surface area contributed by atoms with Gasteiger partial charge >= 0.3 is 0 Å². The molecule has 0 saturated heterocycles. The third-order valence-electron chi connectivity index (χ3n) is 3.88. The third-order valence-corrected chi connectivity index (χ3v) is 4.87. The molecule has 8 heteroatoms. The molecule has 0 bridgehead atoms. The van der Waals surface area contributed by atoms with E-state index in [1.807, 2.05) is 0 Å². The Kier molecular flexibility index (Phi) is 4.75. The maximum absolute atomic E-state index is 14.3. The second kappa shape index (κ2) is 6.80. The highest BCUT2D eigenvalue weighted by Gasteiger charge is 2.24. The molecule has 0 spiro atoms. The summed E-state index contributed by atoms with van der Waals surface area (Å²) in [7, 11) is 0. The van der Waals surface area contributed by atoms with Crippen molar-refractivity contribution in [3.05, 3.63) is 46.3 Å². The molecule has 5 nitrogen and oxygen atoms in total. The summed E-state index contributed by atoms with van der Waals surface area (Å²) in [6.07, 6.45) is 0.737. The van der Waals surface area contributed by atoms with Crippen molar-refractivity contribution in [2.24, 2.45) is 5.73 Å². The number of ether oxygens (including phenoxy) is 1. The molecule has 0 atom stereocenters. The number of nitrogens with two attached hydrogens (primary N) is 1. The number of nitrogen functional groups attached to an aromatic ring is 1. The number of aromatic nitrogens is 2. The van der Waals surface area contributed by atoms with Gasteiger partial charge in [-0.1, -0.05) is 0 Å². The maximum atomic E-state index is 14.3. The SMILES string of the molecule is CCOc1cc(F)c(Cn2nc(C(=N)N)c3c2CCSC3)c(F)c1. The standard InChI is InChI=1S/C16H18F2N4OS/c1-2-23-9-5-12(17)10(13(18)6-9)7-22-14-3-4-24-8-11(14)15(21-22)16(19)20/h5-6H,2-4,7-8H2,1H3,(H3,19,20). The van der Waals surface area contributed by atoms with E-state index >= 15 is 0 Å². The van der Waals surface area contributed by atoms with Gasteiger partial charge in [0.2, 0.25) is 0 Å². The molecule has 2 aromatic rings. The number of amidine groups is 1. The van der Waals surface area contributed by atoms with Gasteiger partial charge in [-0.2, -0.15) is 16.9 Å². The van der Waals surface area contributed by atoms with Gasteiger partial charge < -0.3 is 10.5 Å². The van der Waals surface area contributed by atoms with Crippen LogP contribution in [-0.2, 0) is 18.7 Å². The van der Waals surface area contributed by atoms with Crippen LogP contribution in [0.3, 0.4) is 0 Å². The Morgan fingerprint density at radius 2 is 2.12 bits per heavy atom. The Hall–Kier alpha value is -2.09. The Morgan fingerprint density at radius 3 is 2.75 bits per heavy atom. The van der Waals surface area contributed by atoms with Crippen LogP contribution in [-0.4, -0.2) is 28.0 Å². The van der Waals surface area contributed by atoms with Crippen molar-refractivity contribution in [1.29, 1.82) is 5.41 Å². The summed E-state index contributed by atoms with van der Waals surface area (Å²) < 4.78 is 35.3. The zero-order chi connectivity index (χ0) is 17.3. The number of rotatable bonds is 5. The first-order valence-electron chi connectivity index (χ1n) is 7.62. The second-order valence-corrected chi connectivity index (χ2v) is 6.55. The molecule has 0 saturated carbocycles. The molecule has 0 aliphatic carbocycles. The predicted molar refractivity (Wildman–Crippen MR) is 89.7 cm³/mol. The Labute approximate surface area is 142 Å². The smallest absolute Gasteiger partial charge is 0.144 e. The van der Waals surface area contributed by atoms with Gasteiger partial charge in [0.15, 0.2) is 0 Å². The third kappa shape index (κ3) is 3.10. The number of fused-ring (bicyclic) bond motifs is 1. The maximum Gasteiger partial charge on any atom is 0.144 e. The van der Waals surface area contributed by atoms with E-state index in [2.05, 4.69) is 5.10 Å². The van der Waals surface area contributed by atoms with Crippen LogP contribution in [0.15, 0.2) is 12.1 Å². The molecule has 3 rings (SSSR count). The van der Waals surface area contributed by atoms with Crippen molar-refractivity contribution < 1.29 is 13.5 Å². The van der Waals surface area contributed by atoms with Gasteiger partial charge in [0, 0.05) is 34.7 Å². The second-order valence-electron chi connectivity index (χ2n) is 5.45. The predicted octanol–water partition coefficient (Wildman–Crippen LogP) is 2.68. The average Bonchev–Trinajstić information content (AvgIpc) is 2.90. The number of thioether (sulfide) groups is 1. The fraction of sp³-hybridized carbons (Fsp3) is 0.375. The summed E-state index contributed by atoms with van der Waals surface area (Å²) in [5.74, 6) is 0.317. The quantitative estimate of drug-likeness (QED) is 0.641. The molecular weight excluding hydrogens is 334 g/mol. The molecule has 2 heterocycles. The van der Waals surface area contributed by atoms with E-state index in [0.717, 1.165) is 23.4 Å². The molecule has 0 amide bonds. The molecule has 1 aliphatic rings. The highest BCUT2D eigenvalue weighted by Crippen LogP contribution is 2.29. The molecule has 0 radical (unpaired) electrons. The van der Waals surface area contributed by atoms with Crippen molar-refractivity contribution >= 4 is 17.6 Å². The van der Waals surface area contributed by atoms with E-state index < -0.39 is 11.6 Å². The minimum atomic E-state index is -0.669. The molecule has 128 valence electrons. The summed E-state index contributed by atoms with van der Waals surface area (Å²) in [6.45, 7) is 2.05. The number of nitrogens with one attached hydrogen (secondary N) is 1. The monoisotopic (exact) mass is 352 g/mol. The van der Waals surface area contributed by atoms with Crippen molar-refractivity contribution in [2.45, 2.75) is 25.6 Å². The van der Waals surface area contributed by atoms with Gasteiger partial charge in [-0.15, -0.1) is 0 Å². The van der Waals surface area contributed by atoms with Gasteiger partial charge in [-0.3, -0.25) is 10.1 Å². The number of halogens is 2. The lowest BCUT2D eigenvalue weighted by Gasteiger charge is -2.15. The molecule has 24 heavy (non-hydrogen) atoms. The molecule has 1 aliphatic heterocycles. The van der Waals surface area contributed by atoms with Crippen LogP contribution < -0.4 is 10.5 Å². The first kappa shape index (κ1) is 16.8. The van der Waals surface area contributed by atoms with E-state index in [1.165, 1.54) is 12.1 Å². The van der Waals surface area contributed by atoms with Gasteiger partial charge in [-0.25, -0.2) is 8.78 Å². The highest BCUT2D eigenvalue weighted by atomic mass is 32.2. The van der Waals surface area contributed by atoms with Crippen molar-refractivity contribution in [3.8, 4) is 5.75 Å².